The number of hydrogen-bond acceptors (Lipinski definition) is 2. The Balaban J connectivity index is 1.98. The first-order valence-corrected chi connectivity index (χ1v) is 10.4. The van der Waals surface area contributed by atoms with Crippen LogP contribution in [0.1, 0.15) is 24.0 Å². The van der Waals surface area contributed by atoms with Crippen LogP contribution in [0.2, 0.25) is 0 Å². The molecule has 1 atom stereocenters. The van der Waals surface area contributed by atoms with Crippen molar-refractivity contribution in [2.75, 3.05) is 13.6 Å². The van der Waals surface area contributed by atoms with Gasteiger partial charge in [0, 0.05) is 22.8 Å². The number of aryl methyl sites for hydroxylation is 1. The zero-order chi connectivity index (χ0) is 23.3. The molecule has 0 aliphatic carbocycles. The van der Waals surface area contributed by atoms with Crippen molar-refractivity contribution in [2.45, 2.75) is 31.5 Å². The quantitative estimate of drug-likeness (QED) is 0.257. The minimum absolute atomic E-state index is 0.0285. The van der Waals surface area contributed by atoms with Gasteiger partial charge in [-0.3, -0.25) is 0 Å². The zero-order valence-corrected chi connectivity index (χ0v) is 18.0. The fourth-order valence-electron chi connectivity index (χ4n) is 3.81. The van der Waals surface area contributed by atoms with Crippen LogP contribution in [0.5, 0.6) is 0 Å². The number of aromatic nitrogens is 1. The number of alkyl halides is 3. The Labute approximate surface area is 185 Å². The van der Waals surface area contributed by atoms with Crippen molar-refractivity contribution in [1.82, 2.24) is 15.6 Å². The molecule has 3 aromatic rings. The molecule has 0 saturated carbocycles. The summed E-state index contributed by atoms with van der Waals surface area (Å²) >= 11 is 0. The summed E-state index contributed by atoms with van der Waals surface area (Å²) in [5.41, 5.74) is 1.55. The van der Waals surface area contributed by atoms with Gasteiger partial charge in [0.15, 0.2) is 0 Å². The first kappa shape index (κ1) is 23.6. The smallest absolute Gasteiger partial charge is 0.383 e. The molecule has 170 valence electrons. The van der Waals surface area contributed by atoms with E-state index in [0.29, 0.717) is 30.2 Å². The topological polar surface area (TPSA) is 39.8 Å². The van der Waals surface area contributed by atoms with E-state index in [0.717, 1.165) is 24.2 Å². The van der Waals surface area contributed by atoms with Gasteiger partial charge in [-0.2, -0.15) is 13.2 Å². The molecule has 7 heteroatoms. The first-order valence-electron chi connectivity index (χ1n) is 10.4. The molecule has 1 heterocycles. The third kappa shape index (κ3) is 5.40. The number of hydrogen-bond donors (Lipinski definition) is 3. The number of fused-ring (bicyclic) bond motifs is 1. The third-order valence-electron chi connectivity index (χ3n) is 5.40. The number of halogens is 4. The third-order valence-corrected chi connectivity index (χ3v) is 5.40. The number of allylic oxidation sites excluding steroid dienone is 1. The predicted molar refractivity (Wildman–Crippen MR) is 122 cm³/mol. The average molecular weight is 446 g/mol. The van der Waals surface area contributed by atoms with E-state index in [9.17, 15) is 17.6 Å². The van der Waals surface area contributed by atoms with Gasteiger partial charge >= 0.3 is 6.18 Å². The van der Waals surface area contributed by atoms with E-state index in [-0.39, 0.29) is 16.9 Å². The van der Waals surface area contributed by atoms with Crippen molar-refractivity contribution < 1.29 is 17.6 Å². The Bertz CT molecular complexity index is 1080. The van der Waals surface area contributed by atoms with Gasteiger partial charge in [0.25, 0.3) is 0 Å². The zero-order valence-electron chi connectivity index (χ0n) is 18.0. The molecule has 3 nitrogen and oxygen atoms in total. The molecule has 3 rings (SSSR count). The van der Waals surface area contributed by atoms with Crippen molar-refractivity contribution in [3.63, 3.8) is 0 Å². The molecule has 3 N–H and O–H groups in total. The molecular weight excluding hydrogens is 418 g/mol. The number of aromatic amines is 1. The summed E-state index contributed by atoms with van der Waals surface area (Å²) in [5.74, 6) is -0.916. The second kappa shape index (κ2) is 10.0. The van der Waals surface area contributed by atoms with Gasteiger partial charge in [-0.15, -0.1) is 6.58 Å². The lowest BCUT2D eigenvalue weighted by Crippen LogP contribution is -2.29. The second-order valence-corrected chi connectivity index (χ2v) is 7.70. The Morgan fingerprint density at radius 3 is 2.53 bits per heavy atom. The summed E-state index contributed by atoms with van der Waals surface area (Å²) < 4.78 is 55.0. The fourth-order valence-corrected chi connectivity index (χ4v) is 3.81. The number of benzene rings is 2. The van der Waals surface area contributed by atoms with E-state index in [1.54, 1.807) is 6.08 Å². The Morgan fingerprint density at radius 2 is 1.91 bits per heavy atom. The van der Waals surface area contributed by atoms with Gasteiger partial charge in [-0.1, -0.05) is 43.0 Å². The number of nitrogens with one attached hydrogen (secondary N) is 3. The minimum Gasteiger partial charge on any atom is -0.383 e. The van der Waals surface area contributed by atoms with Crippen LogP contribution in [0, 0.1) is 5.82 Å². The van der Waals surface area contributed by atoms with Gasteiger partial charge in [0.05, 0.1) is 11.1 Å². The van der Waals surface area contributed by atoms with Gasteiger partial charge < -0.3 is 15.6 Å². The normalized spacial score (nSPS) is 12.7. The molecule has 1 aromatic heterocycles. The summed E-state index contributed by atoms with van der Waals surface area (Å²) in [6, 6.07) is 10.8. The molecule has 0 aliphatic heterocycles. The first-order chi connectivity index (χ1) is 15.2. The van der Waals surface area contributed by atoms with Crippen molar-refractivity contribution in [3.05, 3.63) is 84.3 Å². The van der Waals surface area contributed by atoms with Crippen LogP contribution in [0.3, 0.4) is 0 Å². The fraction of sp³-hybridized carbons (Fsp3) is 0.280. The van der Waals surface area contributed by atoms with Crippen LogP contribution in [-0.2, 0) is 12.6 Å². The second-order valence-electron chi connectivity index (χ2n) is 7.70. The highest BCUT2D eigenvalue weighted by Gasteiger charge is 2.35. The van der Waals surface area contributed by atoms with Gasteiger partial charge in [0.2, 0.25) is 0 Å². The van der Waals surface area contributed by atoms with Crippen LogP contribution in [0.25, 0.3) is 22.2 Å². The van der Waals surface area contributed by atoms with Gasteiger partial charge in [0.1, 0.15) is 5.82 Å². The van der Waals surface area contributed by atoms with E-state index in [2.05, 4.69) is 28.8 Å². The van der Waals surface area contributed by atoms with Crippen molar-refractivity contribution >= 4 is 10.9 Å². The molecular formula is C25H27F4N3. The van der Waals surface area contributed by atoms with E-state index in [1.807, 2.05) is 37.4 Å². The van der Waals surface area contributed by atoms with Crippen molar-refractivity contribution in [2.24, 2.45) is 0 Å². The van der Waals surface area contributed by atoms with E-state index in [1.165, 1.54) is 6.07 Å². The molecule has 0 saturated heterocycles. The lowest BCUT2D eigenvalue weighted by molar-refractivity contribution is -0.136. The maximum atomic E-state index is 14.2. The van der Waals surface area contributed by atoms with Crippen LogP contribution in [0.15, 0.2) is 67.4 Å². The molecule has 0 radical (unpaired) electrons. The van der Waals surface area contributed by atoms with E-state index in [4.69, 9.17) is 0 Å². The van der Waals surface area contributed by atoms with Gasteiger partial charge in [-0.05, 0) is 56.1 Å². The average Bonchev–Trinajstić information content (AvgIpc) is 3.12. The summed E-state index contributed by atoms with van der Waals surface area (Å²) in [5, 5.41) is 6.62. The molecule has 0 amide bonds. The van der Waals surface area contributed by atoms with Crippen molar-refractivity contribution in [3.8, 4) is 11.3 Å². The van der Waals surface area contributed by atoms with E-state index < -0.39 is 17.6 Å². The largest absolute Gasteiger partial charge is 0.418 e. The Kier molecular flexibility index (Phi) is 7.40. The highest BCUT2D eigenvalue weighted by molar-refractivity contribution is 5.93. The Morgan fingerprint density at radius 1 is 1.19 bits per heavy atom. The van der Waals surface area contributed by atoms with Crippen LogP contribution in [0.4, 0.5) is 17.6 Å². The molecule has 32 heavy (non-hydrogen) atoms. The van der Waals surface area contributed by atoms with Crippen LogP contribution >= 0.6 is 0 Å². The van der Waals surface area contributed by atoms with Gasteiger partial charge in [-0.25, -0.2) is 4.39 Å². The maximum Gasteiger partial charge on any atom is 0.418 e. The molecule has 0 bridgehead atoms. The Hall–Kier alpha value is -3.06. The molecule has 0 fully saturated rings. The standard InChI is InChI=1S/C25H27F4N3/c1-4-19(12-13-30-3)31-16(2)10-11-20-21-14-18(26)15-22(25(27,28)29)24(21)32-23(20)17-8-6-5-7-9-17/h4-9,14-15,19,30-32H,1-2,10-13H2,3H3. The minimum atomic E-state index is -4.67. The lowest BCUT2D eigenvalue weighted by Gasteiger charge is -2.18. The molecule has 1 unspecified atom stereocenters. The lowest BCUT2D eigenvalue weighted by atomic mass is 9.99. The highest BCUT2D eigenvalue weighted by atomic mass is 19.4. The summed E-state index contributed by atoms with van der Waals surface area (Å²) in [4.78, 5) is 2.93. The summed E-state index contributed by atoms with van der Waals surface area (Å²) in [7, 11) is 1.87. The maximum absolute atomic E-state index is 14.2. The summed E-state index contributed by atoms with van der Waals surface area (Å²) in [6.07, 6.45) is -1.18. The molecule has 0 aliphatic rings. The molecule has 2 aromatic carbocycles. The summed E-state index contributed by atoms with van der Waals surface area (Å²) in [6.45, 7) is 8.70. The van der Waals surface area contributed by atoms with Crippen LogP contribution in [-0.4, -0.2) is 24.6 Å². The van der Waals surface area contributed by atoms with E-state index >= 15 is 0 Å². The number of H-pyrrole nitrogens is 1. The monoisotopic (exact) mass is 445 g/mol. The highest BCUT2D eigenvalue weighted by Crippen LogP contribution is 2.40. The SMILES string of the molecule is C=CC(CCNC)NC(=C)CCc1c(-c2ccccc2)[nH]c2c(C(F)(F)F)cc(F)cc12. The van der Waals surface area contributed by atoms with Crippen molar-refractivity contribution in [1.29, 1.82) is 0 Å². The molecule has 0 spiro atoms. The predicted octanol–water partition coefficient (Wildman–Crippen LogP) is 6.19. The number of rotatable bonds is 10. The van der Waals surface area contributed by atoms with Crippen LogP contribution < -0.4 is 10.6 Å².